The van der Waals surface area contributed by atoms with Crippen LogP contribution in [-0.2, 0) is 0 Å². The highest BCUT2D eigenvalue weighted by molar-refractivity contribution is 6.29. The maximum atomic E-state index is 13.2. The first-order valence-corrected chi connectivity index (χ1v) is 9.68. The summed E-state index contributed by atoms with van der Waals surface area (Å²) in [6, 6.07) is 24.7. The minimum Gasteiger partial charge on any atom is -0.354 e. The molecule has 0 amide bonds. The van der Waals surface area contributed by atoms with E-state index < -0.39 is 0 Å². The number of rotatable bonds is 0. The van der Waals surface area contributed by atoms with Gasteiger partial charge in [0.1, 0.15) is 0 Å². The third-order valence-corrected chi connectivity index (χ3v) is 6.10. The van der Waals surface area contributed by atoms with Crippen molar-refractivity contribution in [2.75, 3.05) is 0 Å². The fourth-order valence-corrected chi connectivity index (χ4v) is 4.87. The lowest BCUT2D eigenvalue weighted by Crippen LogP contribution is -2.07. The predicted octanol–water partition coefficient (Wildman–Crippen LogP) is 5.95. The molecule has 0 aliphatic heterocycles. The molecule has 136 valence electrons. The molecule has 0 atom stereocenters. The smallest absolute Gasteiger partial charge is 0.257 e. The van der Waals surface area contributed by atoms with Crippen LogP contribution in [0, 0.1) is 0 Å². The molecule has 0 spiro atoms. The number of fused-ring (bicyclic) bond motifs is 11. The van der Waals surface area contributed by atoms with E-state index in [0.29, 0.717) is 0 Å². The first-order valence-electron chi connectivity index (χ1n) is 9.68. The summed E-state index contributed by atoms with van der Waals surface area (Å²) < 4.78 is 0. The zero-order valence-corrected chi connectivity index (χ0v) is 15.3. The van der Waals surface area contributed by atoms with Gasteiger partial charge >= 0.3 is 0 Å². The van der Waals surface area contributed by atoms with Crippen LogP contribution in [-0.4, -0.2) is 15.0 Å². The van der Waals surface area contributed by atoms with Crippen LogP contribution in [0.1, 0.15) is 0 Å². The van der Waals surface area contributed by atoms with E-state index >= 15 is 0 Å². The summed E-state index contributed by atoms with van der Waals surface area (Å²) in [7, 11) is 0. The summed E-state index contributed by atoms with van der Waals surface area (Å²) in [5.74, 6) is 0. The second-order valence-electron chi connectivity index (χ2n) is 7.62. The Labute approximate surface area is 163 Å². The summed E-state index contributed by atoms with van der Waals surface area (Å²) in [5, 5.41) is 7.17. The Morgan fingerprint density at radius 3 is 1.93 bits per heavy atom. The van der Waals surface area contributed by atoms with Gasteiger partial charge in [-0.15, -0.1) is 0 Å². The average Bonchev–Trinajstić information content (AvgIpc) is 3.31. The number of aromatic nitrogens is 3. The third-order valence-electron chi connectivity index (χ3n) is 6.10. The van der Waals surface area contributed by atoms with E-state index in [9.17, 15) is 4.79 Å². The van der Waals surface area contributed by atoms with Crippen LogP contribution in [0.2, 0.25) is 0 Å². The van der Waals surface area contributed by atoms with Gasteiger partial charge in [0.05, 0.1) is 16.4 Å². The van der Waals surface area contributed by atoms with Gasteiger partial charge in [-0.05, 0) is 29.7 Å². The third kappa shape index (κ3) is 1.81. The van der Waals surface area contributed by atoms with Crippen molar-refractivity contribution in [3.63, 3.8) is 0 Å². The summed E-state index contributed by atoms with van der Waals surface area (Å²) in [6.07, 6.45) is 0. The average molecular weight is 373 g/mol. The molecule has 4 aromatic carbocycles. The van der Waals surface area contributed by atoms with Crippen molar-refractivity contribution < 1.29 is 0 Å². The highest BCUT2D eigenvalue weighted by Crippen LogP contribution is 2.37. The SMILES string of the molecule is O=c1[nH]c2ccc3c4ccccc4[nH]c3c2c2ccc3[nH]c4ccccc4c3c12. The normalized spacial score (nSPS) is 12.3. The number of para-hydroxylation sites is 2. The zero-order valence-electron chi connectivity index (χ0n) is 15.3. The van der Waals surface area contributed by atoms with Gasteiger partial charge in [-0.1, -0.05) is 48.5 Å². The van der Waals surface area contributed by atoms with E-state index in [2.05, 4.69) is 57.4 Å². The van der Waals surface area contributed by atoms with E-state index in [-0.39, 0.29) is 5.56 Å². The van der Waals surface area contributed by atoms with Gasteiger partial charge in [-0.25, -0.2) is 0 Å². The first-order chi connectivity index (χ1) is 14.3. The standard InChI is InChI=1S/C25H15N3O/c29-25-23-16(10-12-19-21(23)15-6-2-4-8-18(15)26-19)22-20(28-25)11-9-14-13-5-1-3-7-17(13)27-24(14)22/h1-12,26-27H,(H,28,29). The molecule has 29 heavy (non-hydrogen) atoms. The molecule has 3 heterocycles. The van der Waals surface area contributed by atoms with Crippen molar-refractivity contribution in [2.45, 2.75) is 0 Å². The van der Waals surface area contributed by atoms with Crippen LogP contribution in [0.15, 0.2) is 77.6 Å². The predicted molar refractivity (Wildman–Crippen MR) is 121 cm³/mol. The van der Waals surface area contributed by atoms with Crippen LogP contribution >= 0.6 is 0 Å². The van der Waals surface area contributed by atoms with E-state index in [1.54, 1.807) is 0 Å². The second-order valence-corrected chi connectivity index (χ2v) is 7.62. The topological polar surface area (TPSA) is 64.4 Å². The van der Waals surface area contributed by atoms with Gasteiger partial charge in [-0.2, -0.15) is 0 Å². The first kappa shape index (κ1) is 14.9. The molecule has 0 bridgehead atoms. The summed E-state index contributed by atoms with van der Waals surface area (Å²) >= 11 is 0. The fourth-order valence-electron chi connectivity index (χ4n) is 4.87. The summed E-state index contributed by atoms with van der Waals surface area (Å²) in [4.78, 5) is 23.3. The summed E-state index contributed by atoms with van der Waals surface area (Å²) in [6.45, 7) is 0. The van der Waals surface area contributed by atoms with Crippen LogP contribution in [0.5, 0.6) is 0 Å². The minimum atomic E-state index is -0.0571. The molecule has 0 fully saturated rings. The number of hydrogen-bond donors (Lipinski definition) is 3. The van der Waals surface area contributed by atoms with E-state index in [1.165, 1.54) is 10.8 Å². The number of benzene rings is 4. The van der Waals surface area contributed by atoms with Crippen molar-refractivity contribution in [1.29, 1.82) is 0 Å². The van der Waals surface area contributed by atoms with Crippen molar-refractivity contribution in [1.82, 2.24) is 15.0 Å². The number of H-pyrrole nitrogens is 3. The Kier molecular flexibility index (Phi) is 2.60. The molecule has 0 aliphatic rings. The molecule has 7 rings (SSSR count). The van der Waals surface area contributed by atoms with Crippen molar-refractivity contribution in [2.24, 2.45) is 0 Å². The van der Waals surface area contributed by atoms with Crippen molar-refractivity contribution in [3.8, 4) is 0 Å². The number of aromatic amines is 3. The molecule has 0 unspecified atom stereocenters. The molecule has 3 aromatic heterocycles. The highest BCUT2D eigenvalue weighted by Gasteiger charge is 2.16. The lowest BCUT2D eigenvalue weighted by molar-refractivity contribution is 1.35. The summed E-state index contributed by atoms with van der Waals surface area (Å²) in [5.41, 5.74) is 4.97. The molecule has 4 nitrogen and oxygen atoms in total. The quantitative estimate of drug-likeness (QED) is 0.283. The Morgan fingerprint density at radius 2 is 1.10 bits per heavy atom. The largest absolute Gasteiger partial charge is 0.354 e. The van der Waals surface area contributed by atoms with Gasteiger partial charge in [0, 0.05) is 43.5 Å². The minimum absolute atomic E-state index is 0.0571. The van der Waals surface area contributed by atoms with Crippen LogP contribution in [0.4, 0.5) is 0 Å². The maximum Gasteiger partial charge on any atom is 0.257 e. The highest BCUT2D eigenvalue weighted by atomic mass is 16.1. The molecular weight excluding hydrogens is 358 g/mol. The van der Waals surface area contributed by atoms with Crippen LogP contribution in [0.25, 0.3) is 65.3 Å². The number of hydrogen-bond acceptors (Lipinski definition) is 1. The van der Waals surface area contributed by atoms with E-state index in [0.717, 1.165) is 54.5 Å². The van der Waals surface area contributed by atoms with E-state index in [1.807, 2.05) is 30.3 Å². The van der Waals surface area contributed by atoms with Gasteiger partial charge < -0.3 is 15.0 Å². The van der Waals surface area contributed by atoms with Crippen LogP contribution < -0.4 is 5.56 Å². The Hall–Kier alpha value is -4.05. The maximum absolute atomic E-state index is 13.2. The number of nitrogens with one attached hydrogen (secondary N) is 3. The fraction of sp³-hybridized carbons (Fsp3) is 0. The Bertz CT molecular complexity index is 1830. The molecule has 0 radical (unpaired) electrons. The molecule has 4 heteroatoms. The lowest BCUT2D eigenvalue weighted by atomic mass is 10.00. The molecule has 0 saturated carbocycles. The van der Waals surface area contributed by atoms with Crippen molar-refractivity contribution >= 4 is 65.3 Å². The Morgan fingerprint density at radius 1 is 0.448 bits per heavy atom. The van der Waals surface area contributed by atoms with Crippen molar-refractivity contribution in [3.05, 3.63) is 83.2 Å². The monoisotopic (exact) mass is 373 g/mol. The second kappa shape index (κ2) is 5.06. The molecule has 3 N–H and O–H groups in total. The lowest BCUT2D eigenvalue weighted by Gasteiger charge is -2.07. The molecule has 0 aliphatic carbocycles. The van der Waals surface area contributed by atoms with Crippen LogP contribution in [0.3, 0.4) is 0 Å². The van der Waals surface area contributed by atoms with E-state index in [4.69, 9.17) is 0 Å². The van der Waals surface area contributed by atoms with Gasteiger partial charge in [0.2, 0.25) is 0 Å². The van der Waals surface area contributed by atoms with Gasteiger partial charge in [0.25, 0.3) is 5.56 Å². The zero-order chi connectivity index (χ0) is 19.1. The molecular formula is C25H15N3O. The van der Waals surface area contributed by atoms with Gasteiger partial charge in [0.15, 0.2) is 0 Å². The molecule has 7 aromatic rings. The Balaban J connectivity index is 1.81. The van der Waals surface area contributed by atoms with Gasteiger partial charge in [-0.3, -0.25) is 4.79 Å². The number of pyridine rings is 1. The molecule has 0 saturated heterocycles.